The van der Waals surface area contributed by atoms with E-state index in [1.54, 1.807) is 24.3 Å². The Bertz CT molecular complexity index is 948. The van der Waals surface area contributed by atoms with Crippen molar-refractivity contribution < 1.29 is 12.8 Å². The Labute approximate surface area is 126 Å². The summed E-state index contributed by atoms with van der Waals surface area (Å²) in [5, 5.41) is 0.457. The van der Waals surface area contributed by atoms with Crippen LogP contribution in [0.3, 0.4) is 0 Å². The van der Waals surface area contributed by atoms with Crippen molar-refractivity contribution in [1.82, 2.24) is 4.98 Å². The summed E-state index contributed by atoms with van der Waals surface area (Å²) < 4.78 is 28.7. The van der Waals surface area contributed by atoms with Gasteiger partial charge in [-0.1, -0.05) is 11.6 Å². The van der Waals surface area contributed by atoms with Crippen LogP contribution in [0.5, 0.6) is 0 Å². The number of fused-ring (bicyclic) bond motifs is 1. The number of hydrogen-bond acceptors (Lipinski definition) is 5. The lowest BCUT2D eigenvalue weighted by molar-refractivity contribution is 0.602. The molecule has 1 aromatic heterocycles. The standard InChI is InChI=1S/C14H11ClN2O3S/c1-21(18,19)9-3-5-13-12(7-9)17-14(20-13)10-6-8(16)2-4-11(10)15/h2-7H,16H2,1H3. The van der Waals surface area contributed by atoms with E-state index in [0.29, 0.717) is 33.3 Å². The van der Waals surface area contributed by atoms with Gasteiger partial charge < -0.3 is 10.2 Å². The molecule has 0 radical (unpaired) electrons. The normalized spacial score (nSPS) is 11.9. The van der Waals surface area contributed by atoms with Crippen LogP contribution in [0.25, 0.3) is 22.6 Å². The number of anilines is 1. The summed E-state index contributed by atoms with van der Waals surface area (Å²) in [5.74, 6) is 0.299. The Hall–Kier alpha value is -2.05. The van der Waals surface area contributed by atoms with E-state index in [1.807, 2.05) is 0 Å². The zero-order valence-electron chi connectivity index (χ0n) is 11.0. The molecule has 7 heteroatoms. The van der Waals surface area contributed by atoms with Crippen molar-refractivity contribution in [2.24, 2.45) is 0 Å². The Morgan fingerprint density at radius 2 is 1.95 bits per heavy atom. The minimum absolute atomic E-state index is 0.188. The fraction of sp³-hybridized carbons (Fsp3) is 0.0714. The van der Waals surface area contributed by atoms with Crippen molar-refractivity contribution in [3.63, 3.8) is 0 Å². The summed E-state index contributed by atoms with van der Waals surface area (Å²) in [6, 6.07) is 9.51. The van der Waals surface area contributed by atoms with Crippen LogP contribution in [-0.2, 0) is 9.84 Å². The van der Waals surface area contributed by atoms with E-state index in [0.717, 1.165) is 6.26 Å². The minimum Gasteiger partial charge on any atom is -0.436 e. The Kier molecular flexibility index (Phi) is 3.15. The van der Waals surface area contributed by atoms with Gasteiger partial charge in [0.2, 0.25) is 5.89 Å². The number of halogens is 1. The molecule has 0 fully saturated rings. The molecule has 108 valence electrons. The fourth-order valence-corrected chi connectivity index (χ4v) is 2.80. The molecule has 0 unspecified atom stereocenters. The van der Waals surface area contributed by atoms with E-state index < -0.39 is 9.84 Å². The number of hydrogen-bond donors (Lipinski definition) is 1. The highest BCUT2D eigenvalue weighted by molar-refractivity contribution is 7.90. The molecule has 0 saturated carbocycles. The summed E-state index contributed by atoms with van der Waals surface area (Å²) in [7, 11) is -3.29. The van der Waals surface area contributed by atoms with Gasteiger partial charge in [-0.15, -0.1) is 0 Å². The van der Waals surface area contributed by atoms with Gasteiger partial charge in [0.25, 0.3) is 0 Å². The van der Waals surface area contributed by atoms with Crippen molar-refractivity contribution in [2.45, 2.75) is 4.90 Å². The molecule has 0 aliphatic carbocycles. The molecule has 1 heterocycles. The van der Waals surface area contributed by atoms with Gasteiger partial charge in [0.05, 0.1) is 15.5 Å². The molecule has 3 rings (SSSR count). The van der Waals surface area contributed by atoms with Crippen LogP contribution in [0.2, 0.25) is 5.02 Å². The van der Waals surface area contributed by atoms with E-state index in [2.05, 4.69) is 4.98 Å². The van der Waals surface area contributed by atoms with Crippen LogP contribution in [0.4, 0.5) is 5.69 Å². The highest BCUT2D eigenvalue weighted by Gasteiger charge is 2.14. The van der Waals surface area contributed by atoms with Crippen LogP contribution in [0.15, 0.2) is 45.7 Å². The maximum absolute atomic E-state index is 11.6. The Balaban J connectivity index is 2.20. The maximum Gasteiger partial charge on any atom is 0.228 e. The molecule has 0 aliphatic rings. The van der Waals surface area contributed by atoms with Gasteiger partial charge >= 0.3 is 0 Å². The molecule has 0 aliphatic heterocycles. The second-order valence-electron chi connectivity index (χ2n) is 4.66. The second kappa shape index (κ2) is 4.75. The quantitative estimate of drug-likeness (QED) is 0.732. The molecule has 2 aromatic carbocycles. The number of nitrogens with zero attached hydrogens (tertiary/aromatic N) is 1. The average molecular weight is 323 g/mol. The zero-order chi connectivity index (χ0) is 15.2. The predicted octanol–water partition coefficient (Wildman–Crippen LogP) is 3.13. The molecule has 0 saturated heterocycles. The van der Waals surface area contributed by atoms with Gasteiger partial charge in [-0.25, -0.2) is 13.4 Å². The first-order chi connectivity index (χ1) is 9.84. The van der Waals surface area contributed by atoms with Gasteiger partial charge in [-0.05, 0) is 36.4 Å². The summed E-state index contributed by atoms with van der Waals surface area (Å²) in [4.78, 5) is 4.48. The maximum atomic E-state index is 11.6. The molecule has 3 aromatic rings. The van der Waals surface area contributed by atoms with Crippen LogP contribution >= 0.6 is 11.6 Å². The molecule has 2 N–H and O–H groups in total. The summed E-state index contributed by atoms with van der Waals surface area (Å²) in [6.45, 7) is 0. The molecular formula is C14H11ClN2O3S. The number of oxazole rings is 1. The second-order valence-corrected chi connectivity index (χ2v) is 7.08. The van der Waals surface area contributed by atoms with Gasteiger partial charge in [0.15, 0.2) is 15.4 Å². The first-order valence-electron chi connectivity index (χ1n) is 6.00. The SMILES string of the molecule is CS(=O)(=O)c1ccc2oc(-c3cc(N)ccc3Cl)nc2c1. The highest BCUT2D eigenvalue weighted by atomic mass is 35.5. The zero-order valence-corrected chi connectivity index (χ0v) is 12.6. The van der Waals surface area contributed by atoms with E-state index in [-0.39, 0.29) is 4.90 Å². The average Bonchev–Trinajstić information content (AvgIpc) is 2.83. The Morgan fingerprint density at radius 3 is 2.67 bits per heavy atom. The first kappa shape index (κ1) is 13.9. The van der Waals surface area contributed by atoms with Gasteiger partial charge in [0, 0.05) is 11.9 Å². The van der Waals surface area contributed by atoms with E-state index >= 15 is 0 Å². The lowest BCUT2D eigenvalue weighted by atomic mass is 10.2. The lowest BCUT2D eigenvalue weighted by Gasteiger charge is -2.00. The number of benzene rings is 2. The van der Waals surface area contributed by atoms with Gasteiger partial charge in [-0.2, -0.15) is 0 Å². The predicted molar refractivity (Wildman–Crippen MR) is 82.0 cm³/mol. The molecule has 5 nitrogen and oxygen atoms in total. The number of rotatable bonds is 2. The molecule has 0 spiro atoms. The number of nitrogens with two attached hydrogens (primary N) is 1. The largest absolute Gasteiger partial charge is 0.436 e. The van der Waals surface area contributed by atoms with Crippen molar-refractivity contribution >= 4 is 38.2 Å². The smallest absolute Gasteiger partial charge is 0.228 e. The van der Waals surface area contributed by atoms with Crippen molar-refractivity contribution in [3.05, 3.63) is 41.4 Å². The highest BCUT2D eigenvalue weighted by Crippen LogP contribution is 2.32. The van der Waals surface area contributed by atoms with Crippen LogP contribution in [0.1, 0.15) is 0 Å². The third-order valence-electron chi connectivity index (χ3n) is 3.01. The van der Waals surface area contributed by atoms with E-state index in [4.69, 9.17) is 21.8 Å². The molecular weight excluding hydrogens is 312 g/mol. The third-order valence-corrected chi connectivity index (χ3v) is 4.45. The summed E-state index contributed by atoms with van der Waals surface area (Å²) >= 11 is 6.11. The van der Waals surface area contributed by atoms with Crippen LogP contribution in [0, 0.1) is 0 Å². The number of aromatic nitrogens is 1. The monoisotopic (exact) mass is 322 g/mol. The first-order valence-corrected chi connectivity index (χ1v) is 8.27. The molecule has 0 bridgehead atoms. The summed E-state index contributed by atoms with van der Waals surface area (Å²) in [6.07, 6.45) is 1.14. The van der Waals surface area contributed by atoms with Gasteiger partial charge in [-0.3, -0.25) is 0 Å². The molecule has 0 amide bonds. The lowest BCUT2D eigenvalue weighted by Crippen LogP contribution is -1.96. The van der Waals surface area contributed by atoms with Crippen LogP contribution in [-0.4, -0.2) is 19.7 Å². The van der Waals surface area contributed by atoms with Crippen molar-refractivity contribution in [1.29, 1.82) is 0 Å². The van der Waals surface area contributed by atoms with E-state index in [1.165, 1.54) is 12.1 Å². The van der Waals surface area contributed by atoms with Crippen LogP contribution < -0.4 is 5.73 Å². The van der Waals surface area contributed by atoms with Gasteiger partial charge in [0.1, 0.15) is 5.52 Å². The van der Waals surface area contributed by atoms with E-state index in [9.17, 15) is 8.42 Å². The topological polar surface area (TPSA) is 86.2 Å². The Morgan fingerprint density at radius 1 is 1.19 bits per heavy atom. The number of nitrogen functional groups attached to an aromatic ring is 1. The number of sulfone groups is 1. The molecule has 0 atom stereocenters. The minimum atomic E-state index is -3.29. The third kappa shape index (κ3) is 2.59. The fourth-order valence-electron chi connectivity index (χ4n) is 1.96. The van der Waals surface area contributed by atoms with Crippen molar-refractivity contribution in [3.8, 4) is 11.5 Å². The molecule has 21 heavy (non-hydrogen) atoms. The summed E-state index contributed by atoms with van der Waals surface area (Å²) in [5.41, 5.74) is 7.76. The van der Waals surface area contributed by atoms with Crippen molar-refractivity contribution in [2.75, 3.05) is 12.0 Å².